The number of carbonyl (C=O) groups excluding carboxylic acids is 2. The Bertz CT molecular complexity index is 530. The van der Waals surface area contributed by atoms with Gasteiger partial charge in [0.25, 0.3) is 5.91 Å². The van der Waals surface area contributed by atoms with Crippen molar-refractivity contribution < 1.29 is 14.3 Å². The molecule has 0 bridgehead atoms. The molecule has 1 aromatic carbocycles. The molecule has 0 aromatic heterocycles. The minimum absolute atomic E-state index is 0.00694. The van der Waals surface area contributed by atoms with E-state index in [0.717, 1.165) is 19.4 Å². The first-order chi connectivity index (χ1) is 10.6. The summed E-state index contributed by atoms with van der Waals surface area (Å²) in [5, 5.41) is 3.33. The third kappa shape index (κ3) is 5.00. The van der Waals surface area contributed by atoms with Crippen molar-refractivity contribution in [3.05, 3.63) is 34.9 Å². The summed E-state index contributed by atoms with van der Waals surface area (Å²) in [5.74, 6) is -0.198. The van der Waals surface area contributed by atoms with Crippen molar-refractivity contribution in [2.45, 2.75) is 25.9 Å². The van der Waals surface area contributed by atoms with E-state index in [4.69, 9.17) is 16.3 Å². The topological polar surface area (TPSA) is 58.6 Å². The molecule has 1 atom stereocenters. The molecule has 1 saturated heterocycles. The van der Waals surface area contributed by atoms with Crippen molar-refractivity contribution in [1.82, 2.24) is 10.2 Å². The number of ether oxygens (including phenoxy) is 1. The van der Waals surface area contributed by atoms with E-state index < -0.39 is 0 Å². The van der Waals surface area contributed by atoms with Crippen molar-refractivity contribution >= 4 is 23.4 Å². The lowest BCUT2D eigenvalue weighted by atomic mass is 10.2. The molecule has 0 spiro atoms. The molecule has 2 amide bonds. The monoisotopic (exact) mass is 324 g/mol. The zero-order chi connectivity index (χ0) is 15.9. The molecule has 1 aromatic rings. The largest absolute Gasteiger partial charge is 0.376 e. The molecule has 0 radical (unpaired) electrons. The van der Waals surface area contributed by atoms with E-state index >= 15 is 0 Å². The van der Waals surface area contributed by atoms with Gasteiger partial charge in [-0.05, 0) is 31.0 Å². The standard InChI is InChI=1S/C16H21ClN2O3/c1-12(20)19(11-15-6-3-9-22-15)8-7-18-16(21)13-4-2-5-14(17)10-13/h2,4-5,10,15H,3,6-9,11H2,1H3,(H,18,21). The number of hydrogen-bond donors (Lipinski definition) is 1. The average Bonchev–Trinajstić information content (AvgIpc) is 2.99. The van der Waals surface area contributed by atoms with Gasteiger partial charge in [0.15, 0.2) is 0 Å². The van der Waals surface area contributed by atoms with Crippen molar-refractivity contribution in [1.29, 1.82) is 0 Å². The first kappa shape index (κ1) is 16.8. The second kappa shape index (κ2) is 8.15. The number of rotatable bonds is 6. The van der Waals surface area contributed by atoms with Crippen LogP contribution in [0.2, 0.25) is 5.02 Å². The Hall–Kier alpha value is -1.59. The van der Waals surface area contributed by atoms with E-state index in [1.807, 2.05) is 0 Å². The van der Waals surface area contributed by atoms with Crippen molar-refractivity contribution in [2.24, 2.45) is 0 Å². The van der Waals surface area contributed by atoms with E-state index in [-0.39, 0.29) is 17.9 Å². The lowest BCUT2D eigenvalue weighted by molar-refractivity contribution is -0.130. The number of amides is 2. The average molecular weight is 325 g/mol. The van der Waals surface area contributed by atoms with Crippen LogP contribution in [0.15, 0.2) is 24.3 Å². The fourth-order valence-corrected chi connectivity index (χ4v) is 2.64. The lowest BCUT2D eigenvalue weighted by Crippen LogP contribution is -2.41. The van der Waals surface area contributed by atoms with Crippen LogP contribution in [-0.4, -0.2) is 49.1 Å². The smallest absolute Gasteiger partial charge is 0.251 e. The normalized spacial score (nSPS) is 17.3. The molecule has 1 fully saturated rings. The van der Waals surface area contributed by atoms with Crippen molar-refractivity contribution in [3.8, 4) is 0 Å². The molecule has 6 heteroatoms. The molecule has 1 unspecified atom stereocenters. The minimum atomic E-state index is -0.192. The SMILES string of the molecule is CC(=O)N(CCNC(=O)c1cccc(Cl)c1)CC1CCCO1. The number of halogens is 1. The summed E-state index contributed by atoms with van der Waals surface area (Å²) in [4.78, 5) is 25.4. The number of nitrogens with one attached hydrogen (secondary N) is 1. The van der Waals surface area contributed by atoms with Crippen LogP contribution >= 0.6 is 11.6 Å². The molecule has 0 saturated carbocycles. The number of carbonyl (C=O) groups is 2. The summed E-state index contributed by atoms with van der Waals surface area (Å²) in [6.45, 7) is 3.76. The molecular formula is C16H21ClN2O3. The van der Waals surface area contributed by atoms with Gasteiger partial charge in [-0.25, -0.2) is 0 Å². The van der Waals surface area contributed by atoms with Gasteiger partial charge in [-0.2, -0.15) is 0 Å². The van der Waals surface area contributed by atoms with Gasteiger partial charge >= 0.3 is 0 Å². The molecule has 1 heterocycles. The van der Waals surface area contributed by atoms with Crippen molar-refractivity contribution in [2.75, 3.05) is 26.2 Å². The van der Waals surface area contributed by atoms with Gasteiger partial charge in [0, 0.05) is 43.8 Å². The predicted molar refractivity (Wildman–Crippen MR) is 85.0 cm³/mol. The molecule has 5 nitrogen and oxygen atoms in total. The van der Waals surface area contributed by atoms with Gasteiger partial charge in [-0.3, -0.25) is 9.59 Å². The molecular weight excluding hydrogens is 304 g/mol. The second-order valence-electron chi connectivity index (χ2n) is 5.37. The molecule has 0 aliphatic carbocycles. The van der Waals surface area contributed by atoms with Crippen LogP contribution in [-0.2, 0) is 9.53 Å². The number of nitrogens with zero attached hydrogens (tertiary/aromatic N) is 1. The van der Waals surface area contributed by atoms with Crippen LogP contribution in [0.25, 0.3) is 0 Å². The van der Waals surface area contributed by atoms with Crippen LogP contribution in [0, 0.1) is 0 Å². The quantitative estimate of drug-likeness (QED) is 0.871. The van der Waals surface area contributed by atoms with Gasteiger partial charge < -0.3 is 15.0 Å². The van der Waals surface area contributed by atoms with Crippen molar-refractivity contribution in [3.63, 3.8) is 0 Å². The highest BCUT2D eigenvalue weighted by Gasteiger charge is 2.20. The first-order valence-electron chi connectivity index (χ1n) is 7.47. The second-order valence-corrected chi connectivity index (χ2v) is 5.80. The maximum atomic E-state index is 12.0. The van der Waals surface area contributed by atoms with E-state index in [1.54, 1.807) is 29.2 Å². The zero-order valence-corrected chi connectivity index (χ0v) is 13.4. The Balaban J connectivity index is 1.79. The third-order valence-corrected chi connectivity index (χ3v) is 3.88. The summed E-state index contributed by atoms with van der Waals surface area (Å²) in [6.07, 6.45) is 2.15. The van der Waals surface area contributed by atoms with Crippen LogP contribution < -0.4 is 5.32 Å². The van der Waals surface area contributed by atoms with E-state index in [0.29, 0.717) is 30.2 Å². The number of hydrogen-bond acceptors (Lipinski definition) is 3. The Labute approximate surface area is 135 Å². The van der Waals surface area contributed by atoms with Gasteiger partial charge in [0.05, 0.1) is 6.10 Å². The minimum Gasteiger partial charge on any atom is -0.376 e. The molecule has 22 heavy (non-hydrogen) atoms. The lowest BCUT2D eigenvalue weighted by Gasteiger charge is -2.24. The zero-order valence-electron chi connectivity index (χ0n) is 12.7. The third-order valence-electron chi connectivity index (χ3n) is 3.65. The van der Waals surface area contributed by atoms with Crippen LogP contribution in [0.5, 0.6) is 0 Å². The van der Waals surface area contributed by atoms with Gasteiger partial charge in [-0.15, -0.1) is 0 Å². The Morgan fingerprint density at radius 3 is 2.91 bits per heavy atom. The molecule has 1 N–H and O–H groups in total. The fraction of sp³-hybridized carbons (Fsp3) is 0.500. The molecule has 1 aliphatic rings. The van der Waals surface area contributed by atoms with Crippen LogP contribution in [0.1, 0.15) is 30.1 Å². The van der Waals surface area contributed by atoms with E-state index in [1.165, 1.54) is 6.92 Å². The molecule has 1 aliphatic heterocycles. The number of benzene rings is 1. The van der Waals surface area contributed by atoms with E-state index in [2.05, 4.69) is 5.32 Å². The fourth-order valence-electron chi connectivity index (χ4n) is 2.45. The highest BCUT2D eigenvalue weighted by molar-refractivity contribution is 6.30. The first-order valence-corrected chi connectivity index (χ1v) is 7.85. The summed E-state index contributed by atoms with van der Waals surface area (Å²) in [6, 6.07) is 6.77. The summed E-state index contributed by atoms with van der Waals surface area (Å²) in [7, 11) is 0. The maximum Gasteiger partial charge on any atom is 0.251 e. The highest BCUT2D eigenvalue weighted by Crippen LogP contribution is 2.13. The van der Waals surface area contributed by atoms with Gasteiger partial charge in [-0.1, -0.05) is 17.7 Å². The van der Waals surface area contributed by atoms with Crippen LogP contribution in [0.3, 0.4) is 0 Å². The summed E-state index contributed by atoms with van der Waals surface area (Å²) < 4.78 is 5.55. The Morgan fingerprint density at radius 1 is 1.45 bits per heavy atom. The predicted octanol–water partition coefficient (Wildman–Crippen LogP) is 2.10. The van der Waals surface area contributed by atoms with Gasteiger partial charge in [0.2, 0.25) is 5.91 Å². The van der Waals surface area contributed by atoms with Gasteiger partial charge in [0.1, 0.15) is 0 Å². The Morgan fingerprint density at radius 2 is 2.27 bits per heavy atom. The Kier molecular flexibility index (Phi) is 6.21. The maximum absolute atomic E-state index is 12.0. The van der Waals surface area contributed by atoms with Crippen LogP contribution in [0.4, 0.5) is 0 Å². The summed E-state index contributed by atoms with van der Waals surface area (Å²) >= 11 is 5.86. The highest BCUT2D eigenvalue weighted by atomic mass is 35.5. The summed E-state index contributed by atoms with van der Waals surface area (Å²) in [5.41, 5.74) is 0.515. The molecule has 120 valence electrons. The molecule has 2 rings (SSSR count). The van der Waals surface area contributed by atoms with E-state index in [9.17, 15) is 9.59 Å².